The minimum absolute atomic E-state index is 0.151. The van der Waals surface area contributed by atoms with Gasteiger partial charge in [0.15, 0.2) is 0 Å². The molecule has 1 aromatic carbocycles. The molecule has 0 saturated carbocycles. The van der Waals surface area contributed by atoms with Crippen molar-refractivity contribution in [2.45, 2.75) is 19.3 Å². The first-order chi connectivity index (χ1) is 8.70. The monoisotopic (exact) mass is 285 g/mol. The number of hydrogen-bond acceptors (Lipinski definition) is 1. The molecular formula is C14H17Cl2NO. The van der Waals surface area contributed by atoms with Crippen LogP contribution in [0.4, 0.5) is 0 Å². The third-order valence-electron chi connectivity index (χ3n) is 3.39. The van der Waals surface area contributed by atoms with Crippen LogP contribution in [0.3, 0.4) is 0 Å². The highest BCUT2D eigenvalue weighted by atomic mass is 35.5. The van der Waals surface area contributed by atoms with E-state index < -0.39 is 0 Å². The molecule has 2 rings (SSSR count). The van der Waals surface area contributed by atoms with Crippen LogP contribution in [0, 0.1) is 5.92 Å². The second kappa shape index (κ2) is 6.44. The van der Waals surface area contributed by atoms with Crippen LogP contribution in [0.25, 0.3) is 0 Å². The molecule has 0 aliphatic carbocycles. The SMILES string of the molecule is O=C(Cc1ccccc1Cl)N1CCCC(CCl)C1. The van der Waals surface area contributed by atoms with Crippen molar-refractivity contribution in [3.8, 4) is 0 Å². The van der Waals surface area contributed by atoms with Crippen molar-refractivity contribution in [3.05, 3.63) is 34.9 Å². The molecule has 1 unspecified atom stereocenters. The number of nitrogens with zero attached hydrogens (tertiary/aromatic N) is 1. The van der Waals surface area contributed by atoms with Gasteiger partial charge in [0.25, 0.3) is 0 Å². The number of benzene rings is 1. The van der Waals surface area contributed by atoms with E-state index in [0.29, 0.717) is 23.2 Å². The van der Waals surface area contributed by atoms with Crippen LogP contribution in [0.15, 0.2) is 24.3 Å². The number of carbonyl (C=O) groups excluding carboxylic acids is 1. The van der Waals surface area contributed by atoms with Crippen LogP contribution in [0.5, 0.6) is 0 Å². The lowest BCUT2D eigenvalue weighted by atomic mass is 9.99. The summed E-state index contributed by atoms with van der Waals surface area (Å²) < 4.78 is 0. The molecule has 98 valence electrons. The lowest BCUT2D eigenvalue weighted by Crippen LogP contribution is -2.41. The number of likely N-dealkylation sites (tertiary alicyclic amines) is 1. The highest BCUT2D eigenvalue weighted by molar-refractivity contribution is 6.31. The second-order valence-corrected chi connectivity index (χ2v) is 5.49. The number of piperidine rings is 1. The van der Waals surface area contributed by atoms with E-state index in [9.17, 15) is 4.79 Å². The maximum atomic E-state index is 12.2. The Morgan fingerprint density at radius 3 is 2.89 bits per heavy atom. The standard InChI is InChI=1S/C14H17Cl2NO/c15-9-11-4-3-7-17(10-11)14(18)8-12-5-1-2-6-13(12)16/h1-2,5-6,11H,3-4,7-10H2. The number of amides is 1. The number of rotatable bonds is 3. The molecule has 18 heavy (non-hydrogen) atoms. The molecule has 2 nitrogen and oxygen atoms in total. The molecule has 0 aromatic heterocycles. The highest BCUT2D eigenvalue weighted by Gasteiger charge is 2.23. The van der Waals surface area contributed by atoms with Crippen LogP contribution in [-0.4, -0.2) is 29.8 Å². The quantitative estimate of drug-likeness (QED) is 0.780. The Hall–Kier alpha value is -0.730. The van der Waals surface area contributed by atoms with Crippen molar-refractivity contribution in [2.24, 2.45) is 5.92 Å². The Morgan fingerprint density at radius 2 is 2.17 bits per heavy atom. The predicted molar refractivity (Wildman–Crippen MR) is 75.2 cm³/mol. The minimum atomic E-state index is 0.151. The summed E-state index contributed by atoms with van der Waals surface area (Å²) in [5.41, 5.74) is 0.900. The molecule has 1 saturated heterocycles. The largest absolute Gasteiger partial charge is 0.342 e. The summed E-state index contributed by atoms with van der Waals surface area (Å²) in [5, 5.41) is 0.664. The lowest BCUT2D eigenvalue weighted by molar-refractivity contribution is -0.132. The molecule has 1 fully saturated rings. The van der Waals surface area contributed by atoms with Gasteiger partial charge in [0, 0.05) is 24.0 Å². The molecule has 1 aliphatic rings. The van der Waals surface area contributed by atoms with Gasteiger partial charge in [-0.25, -0.2) is 0 Å². The summed E-state index contributed by atoms with van der Waals surface area (Å²) in [6.45, 7) is 1.63. The fourth-order valence-corrected chi connectivity index (χ4v) is 2.79. The van der Waals surface area contributed by atoms with Crippen molar-refractivity contribution in [3.63, 3.8) is 0 Å². The average molecular weight is 286 g/mol. The molecule has 0 spiro atoms. The summed E-state index contributed by atoms with van der Waals surface area (Å²) in [6.07, 6.45) is 2.56. The normalized spacial score (nSPS) is 19.9. The molecule has 0 N–H and O–H groups in total. The first-order valence-electron chi connectivity index (χ1n) is 6.28. The third kappa shape index (κ3) is 3.39. The third-order valence-corrected chi connectivity index (χ3v) is 4.19. The number of alkyl halides is 1. The Kier molecular flexibility index (Phi) is 4.90. The van der Waals surface area contributed by atoms with Crippen LogP contribution >= 0.6 is 23.2 Å². The summed E-state index contributed by atoms with van der Waals surface area (Å²) in [5.74, 6) is 1.23. The van der Waals surface area contributed by atoms with Gasteiger partial charge in [-0.1, -0.05) is 29.8 Å². The van der Waals surface area contributed by atoms with Gasteiger partial charge in [-0.05, 0) is 30.4 Å². The molecule has 4 heteroatoms. The smallest absolute Gasteiger partial charge is 0.227 e. The minimum Gasteiger partial charge on any atom is -0.342 e. The van der Waals surface area contributed by atoms with Crippen molar-refractivity contribution in [1.29, 1.82) is 0 Å². The van der Waals surface area contributed by atoms with Crippen LogP contribution in [0.1, 0.15) is 18.4 Å². The summed E-state index contributed by atoms with van der Waals surface area (Å²) >= 11 is 11.9. The van der Waals surface area contributed by atoms with E-state index in [-0.39, 0.29) is 5.91 Å². The molecule has 1 amide bonds. The Labute approximate surface area is 118 Å². The number of halogens is 2. The maximum absolute atomic E-state index is 12.2. The van der Waals surface area contributed by atoms with Gasteiger partial charge >= 0.3 is 0 Å². The van der Waals surface area contributed by atoms with E-state index in [1.807, 2.05) is 29.2 Å². The van der Waals surface area contributed by atoms with E-state index in [1.165, 1.54) is 0 Å². The summed E-state index contributed by atoms with van der Waals surface area (Å²) in [4.78, 5) is 14.1. The molecule has 0 radical (unpaired) electrons. The van der Waals surface area contributed by atoms with Gasteiger partial charge in [0.05, 0.1) is 6.42 Å². The number of hydrogen-bond donors (Lipinski definition) is 0. The van der Waals surface area contributed by atoms with Crippen molar-refractivity contribution >= 4 is 29.1 Å². The molecule has 1 heterocycles. The zero-order valence-electron chi connectivity index (χ0n) is 10.2. The van der Waals surface area contributed by atoms with Gasteiger partial charge in [-0.2, -0.15) is 0 Å². The van der Waals surface area contributed by atoms with Gasteiger partial charge in [-0.3, -0.25) is 4.79 Å². The van der Waals surface area contributed by atoms with Gasteiger partial charge in [0.2, 0.25) is 5.91 Å². The average Bonchev–Trinajstić information content (AvgIpc) is 2.41. The van der Waals surface area contributed by atoms with Gasteiger partial charge in [-0.15, -0.1) is 11.6 Å². The first-order valence-corrected chi connectivity index (χ1v) is 7.19. The zero-order chi connectivity index (χ0) is 13.0. The highest BCUT2D eigenvalue weighted by Crippen LogP contribution is 2.20. The van der Waals surface area contributed by atoms with Crippen molar-refractivity contribution in [1.82, 2.24) is 4.90 Å². The fraction of sp³-hybridized carbons (Fsp3) is 0.500. The van der Waals surface area contributed by atoms with E-state index in [1.54, 1.807) is 0 Å². The Balaban J connectivity index is 1.97. The first kappa shape index (κ1) is 13.7. The van der Waals surface area contributed by atoms with Crippen molar-refractivity contribution in [2.75, 3.05) is 19.0 Å². The van der Waals surface area contributed by atoms with Crippen LogP contribution in [0.2, 0.25) is 5.02 Å². The summed E-state index contributed by atoms with van der Waals surface area (Å²) in [6, 6.07) is 7.51. The Bertz CT molecular complexity index is 422. The zero-order valence-corrected chi connectivity index (χ0v) is 11.8. The van der Waals surface area contributed by atoms with E-state index >= 15 is 0 Å². The molecule has 1 aromatic rings. The van der Waals surface area contributed by atoms with E-state index in [2.05, 4.69) is 0 Å². The van der Waals surface area contributed by atoms with Crippen LogP contribution in [-0.2, 0) is 11.2 Å². The molecule has 0 bridgehead atoms. The number of carbonyl (C=O) groups is 1. The van der Waals surface area contributed by atoms with Crippen molar-refractivity contribution < 1.29 is 4.79 Å². The molecule has 1 atom stereocenters. The Morgan fingerprint density at radius 1 is 1.39 bits per heavy atom. The van der Waals surface area contributed by atoms with Gasteiger partial charge < -0.3 is 4.90 Å². The maximum Gasteiger partial charge on any atom is 0.227 e. The van der Waals surface area contributed by atoms with Crippen LogP contribution < -0.4 is 0 Å². The topological polar surface area (TPSA) is 20.3 Å². The summed E-state index contributed by atoms with van der Waals surface area (Å²) in [7, 11) is 0. The molecular weight excluding hydrogens is 269 g/mol. The van der Waals surface area contributed by atoms with Gasteiger partial charge in [0.1, 0.15) is 0 Å². The van der Waals surface area contributed by atoms with E-state index in [4.69, 9.17) is 23.2 Å². The fourth-order valence-electron chi connectivity index (χ4n) is 2.33. The predicted octanol–water partition coefficient (Wildman–Crippen LogP) is 3.36. The second-order valence-electron chi connectivity index (χ2n) is 4.77. The molecule has 1 aliphatic heterocycles. The lowest BCUT2D eigenvalue weighted by Gasteiger charge is -2.32. The van der Waals surface area contributed by atoms with E-state index in [0.717, 1.165) is 31.5 Å².